The molecule has 0 amide bonds. The number of rotatable bonds is 6. The minimum atomic E-state index is -0.652. The molecule has 0 aliphatic rings. The number of Topliss-reactive ketones (excluding diaryl/α,β-unsaturated/α-hetero) is 1. The lowest BCUT2D eigenvalue weighted by Gasteiger charge is -2.11. The fourth-order valence-corrected chi connectivity index (χ4v) is 3.57. The van der Waals surface area contributed by atoms with Crippen LogP contribution in [-0.2, 0) is 4.74 Å². The van der Waals surface area contributed by atoms with Crippen molar-refractivity contribution in [3.8, 4) is 17.0 Å². The maximum absolute atomic E-state index is 13.1. The Balaban J connectivity index is 1.66. The number of esters is 1. The van der Waals surface area contributed by atoms with Gasteiger partial charge in [-0.25, -0.2) is 14.2 Å². The standard InChI is InChI=1S/C25H17BrFNO4/c1-31-19-9-4-15(5-10-19)23-13-21(20-12-17(26)6-11-22(20)28-23)25(30)32-14-24(29)16-2-7-18(27)8-3-16/h2-13H,14H2,1H3. The number of nitrogens with zero attached hydrogens (tertiary/aromatic N) is 1. The Hall–Kier alpha value is -3.58. The predicted molar refractivity (Wildman–Crippen MR) is 122 cm³/mol. The minimum absolute atomic E-state index is 0.264. The van der Waals surface area contributed by atoms with Gasteiger partial charge in [-0.15, -0.1) is 0 Å². The summed E-state index contributed by atoms with van der Waals surface area (Å²) >= 11 is 3.42. The van der Waals surface area contributed by atoms with Crippen LogP contribution in [-0.4, -0.2) is 30.5 Å². The van der Waals surface area contributed by atoms with Crippen molar-refractivity contribution in [2.45, 2.75) is 0 Å². The molecule has 0 bridgehead atoms. The van der Waals surface area contributed by atoms with E-state index in [-0.39, 0.29) is 11.1 Å². The number of carbonyl (C=O) groups excluding carboxylic acids is 2. The van der Waals surface area contributed by atoms with Crippen LogP contribution >= 0.6 is 15.9 Å². The number of fused-ring (bicyclic) bond motifs is 1. The molecule has 0 radical (unpaired) electrons. The van der Waals surface area contributed by atoms with E-state index in [1.54, 1.807) is 25.3 Å². The number of hydrogen-bond donors (Lipinski definition) is 0. The highest BCUT2D eigenvalue weighted by Crippen LogP contribution is 2.28. The zero-order valence-corrected chi connectivity index (χ0v) is 18.6. The van der Waals surface area contributed by atoms with Crippen LogP contribution in [0.15, 0.2) is 77.3 Å². The number of pyridine rings is 1. The molecule has 7 heteroatoms. The van der Waals surface area contributed by atoms with Gasteiger partial charge in [0.1, 0.15) is 11.6 Å². The molecule has 0 aliphatic carbocycles. The molecule has 0 aliphatic heterocycles. The van der Waals surface area contributed by atoms with Gasteiger partial charge in [0.2, 0.25) is 0 Å². The van der Waals surface area contributed by atoms with Gasteiger partial charge in [-0.05, 0) is 72.8 Å². The Bertz CT molecular complexity index is 1300. The summed E-state index contributed by atoms with van der Waals surface area (Å²) in [5.41, 5.74) is 2.54. The highest BCUT2D eigenvalue weighted by atomic mass is 79.9. The first kappa shape index (κ1) is 21.6. The van der Waals surface area contributed by atoms with Crippen LogP contribution in [0.25, 0.3) is 22.2 Å². The molecule has 4 aromatic rings. The number of carbonyl (C=O) groups is 2. The summed E-state index contributed by atoms with van der Waals surface area (Å²) in [7, 11) is 1.59. The first-order valence-corrected chi connectivity index (χ1v) is 10.4. The average Bonchev–Trinajstić information content (AvgIpc) is 2.82. The molecule has 32 heavy (non-hydrogen) atoms. The lowest BCUT2D eigenvalue weighted by Crippen LogP contribution is -2.15. The Morgan fingerprint density at radius 3 is 2.38 bits per heavy atom. The largest absolute Gasteiger partial charge is 0.497 e. The van der Waals surface area contributed by atoms with E-state index in [4.69, 9.17) is 9.47 Å². The van der Waals surface area contributed by atoms with E-state index in [1.165, 1.54) is 24.3 Å². The molecule has 0 N–H and O–H groups in total. The number of ether oxygens (including phenoxy) is 2. The maximum Gasteiger partial charge on any atom is 0.339 e. The SMILES string of the molecule is COc1ccc(-c2cc(C(=O)OCC(=O)c3ccc(F)cc3)c3cc(Br)ccc3n2)cc1. The summed E-state index contributed by atoms with van der Waals surface area (Å²) < 4.78 is 24.4. The van der Waals surface area contributed by atoms with Gasteiger partial charge in [0.25, 0.3) is 0 Å². The van der Waals surface area contributed by atoms with Crippen LogP contribution < -0.4 is 4.74 Å². The van der Waals surface area contributed by atoms with Crippen LogP contribution in [0.1, 0.15) is 20.7 Å². The Morgan fingerprint density at radius 1 is 0.969 bits per heavy atom. The fourth-order valence-electron chi connectivity index (χ4n) is 3.20. The number of methoxy groups -OCH3 is 1. The van der Waals surface area contributed by atoms with Crippen LogP contribution in [0.3, 0.4) is 0 Å². The zero-order valence-electron chi connectivity index (χ0n) is 17.0. The molecule has 5 nitrogen and oxygen atoms in total. The van der Waals surface area contributed by atoms with Crippen molar-refractivity contribution in [1.82, 2.24) is 4.98 Å². The predicted octanol–water partition coefficient (Wildman–Crippen LogP) is 5.85. The molecule has 4 rings (SSSR count). The summed E-state index contributed by atoms with van der Waals surface area (Å²) in [4.78, 5) is 29.9. The van der Waals surface area contributed by atoms with Crippen LogP contribution in [0.4, 0.5) is 4.39 Å². The quantitative estimate of drug-likeness (QED) is 0.249. The Morgan fingerprint density at radius 2 is 1.69 bits per heavy atom. The molecule has 0 spiro atoms. The third-order valence-corrected chi connectivity index (χ3v) is 5.37. The van der Waals surface area contributed by atoms with Crippen molar-refractivity contribution in [3.63, 3.8) is 0 Å². The minimum Gasteiger partial charge on any atom is -0.497 e. The first-order chi connectivity index (χ1) is 15.4. The van der Waals surface area contributed by atoms with E-state index in [1.807, 2.05) is 30.3 Å². The highest BCUT2D eigenvalue weighted by Gasteiger charge is 2.18. The number of benzene rings is 3. The van der Waals surface area contributed by atoms with Crippen molar-refractivity contribution >= 4 is 38.6 Å². The monoisotopic (exact) mass is 493 g/mol. The molecule has 0 saturated carbocycles. The third kappa shape index (κ3) is 4.68. The summed E-state index contributed by atoms with van der Waals surface area (Å²) in [6.07, 6.45) is 0. The van der Waals surface area contributed by atoms with E-state index in [0.717, 1.165) is 10.0 Å². The maximum atomic E-state index is 13.1. The van der Waals surface area contributed by atoms with Crippen molar-refractivity contribution < 1.29 is 23.5 Å². The van der Waals surface area contributed by atoms with Gasteiger partial charge in [0, 0.05) is 21.0 Å². The molecule has 3 aromatic carbocycles. The van der Waals surface area contributed by atoms with E-state index in [9.17, 15) is 14.0 Å². The van der Waals surface area contributed by atoms with E-state index in [0.29, 0.717) is 22.3 Å². The van der Waals surface area contributed by atoms with Gasteiger partial charge in [-0.2, -0.15) is 0 Å². The zero-order chi connectivity index (χ0) is 22.7. The molecular weight excluding hydrogens is 477 g/mol. The molecule has 0 unspecified atom stereocenters. The number of ketones is 1. The molecule has 1 heterocycles. The summed E-state index contributed by atoms with van der Waals surface area (Å²) in [6.45, 7) is -0.458. The number of hydrogen-bond acceptors (Lipinski definition) is 5. The van der Waals surface area contributed by atoms with Gasteiger partial charge in [0.05, 0.1) is 23.9 Å². The second-order valence-electron chi connectivity index (χ2n) is 6.95. The van der Waals surface area contributed by atoms with Crippen molar-refractivity contribution in [3.05, 3.63) is 94.2 Å². The van der Waals surface area contributed by atoms with Gasteiger partial charge in [-0.3, -0.25) is 4.79 Å². The average molecular weight is 494 g/mol. The lowest BCUT2D eigenvalue weighted by atomic mass is 10.0. The second-order valence-corrected chi connectivity index (χ2v) is 7.87. The summed E-state index contributed by atoms with van der Waals surface area (Å²) in [5.74, 6) is -0.815. The highest BCUT2D eigenvalue weighted by molar-refractivity contribution is 9.10. The molecule has 0 saturated heterocycles. The van der Waals surface area contributed by atoms with Crippen molar-refractivity contribution in [2.75, 3.05) is 13.7 Å². The molecule has 0 fully saturated rings. The first-order valence-electron chi connectivity index (χ1n) is 9.65. The van der Waals surface area contributed by atoms with Crippen LogP contribution in [0.2, 0.25) is 0 Å². The van der Waals surface area contributed by atoms with Gasteiger partial charge >= 0.3 is 5.97 Å². The topological polar surface area (TPSA) is 65.5 Å². The fraction of sp³-hybridized carbons (Fsp3) is 0.0800. The normalized spacial score (nSPS) is 10.7. The van der Waals surface area contributed by atoms with Gasteiger partial charge < -0.3 is 9.47 Å². The van der Waals surface area contributed by atoms with E-state index < -0.39 is 24.2 Å². The smallest absolute Gasteiger partial charge is 0.339 e. The van der Waals surface area contributed by atoms with Crippen LogP contribution in [0.5, 0.6) is 5.75 Å². The lowest BCUT2D eigenvalue weighted by molar-refractivity contribution is 0.0476. The summed E-state index contributed by atoms with van der Waals surface area (Å²) in [6, 6.07) is 19.4. The second kappa shape index (κ2) is 9.28. The Labute approximate surface area is 191 Å². The van der Waals surface area contributed by atoms with Gasteiger partial charge in [0.15, 0.2) is 12.4 Å². The molecule has 160 valence electrons. The van der Waals surface area contributed by atoms with Crippen molar-refractivity contribution in [1.29, 1.82) is 0 Å². The van der Waals surface area contributed by atoms with Crippen LogP contribution in [0, 0.1) is 5.82 Å². The summed E-state index contributed by atoms with van der Waals surface area (Å²) in [5, 5.41) is 0.593. The molecule has 0 atom stereocenters. The van der Waals surface area contributed by atoms with Crippen molar-refractivity contribution in [2.24, 2.45) is 0 Å². The Kier molecular flexibility index (Phi) is 6.28. The van der Waals surface area contributed by atoms with Gasteiger partial charge in [-0.1, -0.05) is 15.9 Å². The third-order valence-electron chi connectivity index (χ3n) is 4.88. The van der Waals surface area contributed by atoms with E-state index >= 15 is 0 Å². The van der Waals surface area contributed by atoms with E-state index in [2.05, 4.69) is 20.9 Å². The number of aromatic nitrogens is 1. The molecular formula is C25H17BrFNO4. The number of halogens is 2. The molecule has 1 aromatic heterocycles.